The number of halogens is 1. The number of carbonyl (C=O) groups is 1. The molecule has 1 heterocycles. The number of hydrogen-bond acceptors (Lipinski definition) is 1. The van der Waals surface area contributed by atoms with Crippen LogP contribution in [0.4, 0.5) is 4.39 Å². The highest BCUT2D eigenvalue weighted by molar-refractivity contribution is 5.76. The number of nitrogens with zero attached hydrogens (tertiary/aromatic N) is 1. The summed E-state index contributed by atoms with van der Waals surface area (Å²) in [5, 5.41) is 0. The molecule has 2 nitrogen and oxygen atoms in total. The Morgan fingerprint density at radius 1 is 1.43 bits per heavy atom. The van der Waals surface area contributed by atoms with E-state index in [0.717, 1.165) is 0 Å². The molecule has 1 fully saturated rings. The number of amides is 1. The zero-order valence-corrected chi connectivity index (χ0v) is 9.35. The highest BCUT2D eigenvalue weighted by Gasteiger charge is 2.31. The van der Waals surface area contributed by atoms with Crippen molar-refractivity contribution >= 4 is 5.91 Å². The van der Waals surface area contributed by atoms with E-state index in [1.54, 1.807) is 11.8 Å². The first-order valence-electron chi connectivity index (χ1n) is 5.37. The van der Waals surface area contributed by atoms with E-state index in [-0.39, 0.29) is 5.91 Å². The highest BCUT2D eigenvalue weighted by atomic mass is 19.1. The fourth-order valence-corrected chi connectivity index (χ4v) is 1.70. The van der Waals surface area contributed by atoms with Crippen LogP contribution in [0.1, 0.15) is 40.0 Å². The lowest BCUT2D eigenvalue weighted by Crippen LogP contribution is -2.43. The van der Waals surface area contributed by atoms with Crippen molar-refractivity contribution in [2.24, 2.45) is 5.92 Å². The molecule has 1 aliphatic rings. The molecule has 0 unspecified atom stereocenters. The van der Waals surface area contributed by atoms with Gasteiger partial charge in [0, 0.05) is 19.5 Å². The summed E-state index contributed by atoms with van der Waals surface area (Å²) in [4.78, 5) is 13.4. The van der Waals surface area contributed by atoms with Crippen LogP contribution >= 0.6 is 0 Å². The molecule has 3 heteroatoms. The number of piperidine rings is 1. The molecule has 0 N–H and O–H groups in total. The average molecular weight is 201 g/mol. The Kier molecular flexibility index (Phi) is 3.51. The van der Waals surface area contributed by atoms with Gasteiger partial charge in [-0.25, -0.2) is 4.39 Å². The summed E-state index contributed by atoms with van der Waals surface area (Å²) in [6.07, 6.45) is 1.55. The first-order valence-corrected chi connectivity index (χ1v) is 5.37. The van der Waals surface area contributed by atoms with Gasteiger partial charge in [-0.15, -0.1) is 0 Å². The molecule has 14 heavy (non-hydrogen) atoms. The third kappa shape index (κ3) is 3.28. The summed E-state index contributed by atoms with van der Waals surface area (Å²) in [6, 6.07) is 0. The lowest BCUT2D eigenvalue weighted by atomic mass is 9.95. The van der Waals surface area contributed by atoms with Gasteiger partial charge < -0.3 is 4.90 Å². The van der Waals surface area contributed by atoms with Crippen molar-refractivity contribution in [3.63, 3.8) is 0 Å². The van der Waals surface area contributed by atoms with Gasteiger partial charge >= 0.3 is 0 Å². The Labute approximate surface area is 85.5 Å². The van der Waals surface area contributed by atoms with E-state index >= 15 is 0 Å². The molecule has 0 bridgehead atoms. The highest BCUT2D eigenvalue weighted by Crippen LogP contribution is 2.26. The Bertz CT molecular complexity index is 203. The molecule has 0 saturated carbocycles. The predicted molar refractivity (Wildman–Crippen MR) is 54.8 cm³/mol. The minimum absolute atomic E-state index is 0.176. The summed E-state index contributed by atoms with van der Waals surface area (Å²) < 4.78 is 13.4. The zero-order valence-electron chi connectivity index (χ0n) is 9.35. The largest absolute Gasteiger partial charge is 0.342 e. The molecule has 0 aliphatic carbocycles. The minimum Gasteiger partial charge on any atom is -0.342 e. The lowest BCUT2D eigenvalue weighted by molar-refractivity contribution is -0.134. The molecule has 1 saturated heterocycles. The van der Waals surface area contributed by atoms with E-state index in [0.29, 0.717) is 38.3 Å². The SMILES string of the molecule is CC(C)CC(=O)N1CCC(C)(F)CC1. The van der Waals surface area contributed by atoms with Crippen LogP contribution in [0.15, 0.2) is 0 Å². The van der Waals surface area contributed by atoms with E-state index in [1.807, 2.05) is 13.8 Å². The van der Waals surface area contributed by atoms with Crippen molar-refractivity contribution in [1.82, 2.24) is 4.90 Å². The third-order valence-electron chi connectivity index (χ3n) is 2.74. The molecule has 0 aromatic heterocycles. The Morgan fingerprint density at radius 2 is 1.93 bits per heavy atom. The van der Waals surface area contributed by atoms with E-state index in [9.17, 15) is 9.18 Å². The maximum absolute atomic E-state index is 13.4. The van der Waals surface area contributed by atoms with Crippen LogP contribution in [-0.2, 0) is 4.79 Å². The van der Waals surface area contributed by atoms with Gasteiger partial charge in [-0.1, -0.05) is 13.8 Å². The zero-order chi connectivity index (χ0) is 10.8. The van der Waals surface area contributed by atoms with Crippen molar-refractivity contribution < 1.29 is 9.18 Å². The Hall–Kier alpha value is -0.600. The Morgan fingerprint density at radius 3 is 2.36 bits per heavy atom. The second-order valence-corrected chi connectivity index (χ2v) is 4.89. The van der Waals surface area contributed by atoms with Crippen LogP contribution in [0.25, 0.3) is 0 Å². The van der Waals surface area contributed by atoms with Crippen molar-refractivity contribution in [1.29, 1.82) is 0 Å². The van der Waals surface area contributed by atoms with Gasteiger partial charge in [0.2, 0.25) is 5.91 Å². The molecule has 1 aliphatic heterocycles. The summed E-state index contributed by atoms with van der Waals surface area (Å²) in [5.41, 5.74) is -1.06. The molecule has 0 spiro atoms. The summed E-state index contributed by atoms with van der Waals surface area (Å²) in [6.45, 7) is 6.84. The number of rotatable bonds is 2. The number of carbonyl (C=O) groups excluding carboxylic acids is 1. The van der Waals surface area contributed by atoms with Crippen LogP contribution in [0, 0.1) is 5.92 Å². The smallest absolute Gasteiger partial charge is 0.222 e. The summed E-state index contributed by atoms with van der Waals surface area (Å²) in [7, 11) is 0. The molecule has 0 radical (unpaired) electrons. The standard InChI is InChI=1S/C11H20FNO/c1-9(2)8-10(14)13-6-4-11(3,12)5-7-13/h9H,4-8H2,1-3H3. The molecule has 0 aromatic rings. The maximum atomic E-state index is 13.4. The monoisotopic (exact) mass is 201 g/mol. The van der Waals surface area contributed by atoms with Gasteiger partial charge in [0.1, 0.15) is 5.67 Å². The number of likely N-dealkylation sites (tertiary alicyclic amines) is 1. The van der Waals surface area contributed by atoms with E-state index < -0.39 is 5.67 Å². The molecule has 1 rings (SSSR count). The fourth-order valence-electron chi connectivity index (χ4n) is 1.70. The first-order chi connectivity index (χ1) is 6.41. The average Bonchev–Trinajstić information content (AvgIpc) is 2.02. The van der Waals surface area contributed by atoms with Crippen LogP contribution in [-0.4, -0.2) is 29.6 Å². The van der Waals surface area contributed by atoms with Crippen molar-refractivity contribution in [2.75, 3.05) is 13.1 Å². The fraction of sp³-hybridized carbons (Fsp3) is 0.909. The van der Waals surface area contributed by atoms with Crippen molar-refractivity contribution in [2.45, 2.75) is 45.7 Å². The third-order valence-corrected chi connectivity index (χ3v) is 2.74. The van der Waals surface area contributed by atoms with Crippen LogP contribution < -0.4 is 0 Å². The lowest BCUT2D eigenvalue weighted by Gasteiger charge is -2.34. The first kappa shape index (κ1) is 11.5. The predicted octanol–water partition coefficient (Wildman–Crippen LogP) is 2.38. The van der Waals surface area contributed by atoms with Crippen LogP contribution in [0.2, 0.25) is 0 Å². The van der Waals surface area contributed by atoms with Crippen molar-refractivity contribution in [3.8, 4) is 0 Å². The van der Waals surface area contributed by atoms with Crippen LogP contribution in [0.3, 0.4) is 0 Å². The molecular weight excluding hydrogens is 181 g/mol. The van der Waals surface area contributed by atoms with Gasteiger partial charge in [0.25, 0.3) is 0 Å². The molecule has 0 atom stereocenters. The minimum atomic E-state index is -1.06. The van der Waals surface area contributed by atoms with E-state index in [4.69, 9.17) is 0 Å². The van der Waals surface area contributed by atoms with E-state index in [2.05, 4.69) is 0 Å². The van der Waals surface area contributed by atoms with Gasteiger partial charge in [-0.3, -0.25) is 4.79 Å². The van der Waals surface area contributed by atoms with E-state index in [1.165, 1.54) is 0 Å². The topological polar surface area (TPSA) is 20.3 Å². The normalized spacial score (nSPS) is 21.4. The van der Waals surface area contributed by atoms with Crippen molar-refractivity contribution in [3.05, 3.63) is 0 Å². The second kappa shape index (κ2) is 4.28. The Balaban J connectivity index is 2.38. The van der Waals surface area contributed by atoms with Gasteiger partial charge in [-0.2, -0.15) is 0 Å². The quantitative estimate of drug-likeness (QED) is 0.671. The van der Waals surface area contributed by atoms with Gasteiger partial charge in [0.05, 0.1) is 0 Å². The molecular formula is C11H20FNO. The molecule has 0 aromatic carbocycles. The number of hydrogen-bond donors (Lipinski definition) is 0. The van der Waals surface area contributed by atoms with Crippen LogP contribution in [0.5, 0.6) is 0 Å². The summed E-state index contributed by atoms with van der Waals surface area (Å²) >= 11 is 0. The van der Waals surface area contributed by atoms with Gasteiger partial charge in [-0.05, 0) is 25.7 Å². The maximum Gasteiger partial charge on any atom is 0.222 e. The molecule has 82 valence electrons. The second-order valence-electron chi connectivity index (χ2n) is 4.89. The number of alkyl halides is 1. The molecule has 1 amide bonds. The summed E-state index contributed by atoms with van der Waals surface area (Å²) in [5.74, 6) is 0.566. The van der Waals surface area contributed by atoms with Gasteiger partial charge in [0.15, 0.2) is 0 Å².